The molecule has 2 aliphatic rings. The van der Waals surface area contributed by atoms with Gasteiger partial charge in [0, 0.05) is 52.2 Å². The monoisotopic (exact) mass is 269 g/mol. The number of rotatable bonds is 5. The van der Waals surface area contributed by atoms with Crippen LogP contribution in [0.3, 0.4) is 0 Å². The fourth-order valence-electron chi connectivity index (χ4n) is 2.76. The first kappa shape index (κ1) is 14.8. The fourth-order valence-corrected chi connectivity index (χ4v) is 2.76. The number of carbonyl (C=O) groups excluding carboxylic acids is 1. The number of aliphatic hydroxyl groups is 1. The Kier molecular flexibility index (Phi) is 5.19. The normalized spacial score (nSPS) is 23.9. The van der Waals surface area contributed by atoms with Crippen molar-refractivity contribution in [1.29, 1.82) is 0 Å². The SMILES string of the molecule is CN1CCN(CC(O)CN(C)C(=O)C2CCC2)CC1. The molecule has 0 aromatic carbocycles. The van der Waals surface area contributed by atoms with Crippen molar-refractivity contribution in [3.63, 3.8) is 0 Å². The quantitative estimate of drug-likeness (QED) is 0.754. The van der Waals surface area contributed by atoms with Crippen LogP contribution in [0.15, 0.2) is 0 Å². The molecule has 2 rings (SSSR count). The third kappa shape index (κ3) is 4.16. The summed E-state index contributed by atoms with van der Waals surface area (Å²) in [6.45, 7) is 5.27. The summed E-state index contributed by atoms with van der Waals surface area (Å²) in [5, 5.41) is 10.1. The molecular formula is C14H27N3O2. The van der Waals surface area contributed by atoms with E-state index in [-0.39, 0.29) is 11.8 Å². The minimum atomic E-state index is -0.433. The molecule has 1 aliphatic heterocycles. The van der Waals surface area contributed by atoms with Crippen molar-refractivity contribution in [3.05, 3.63) is 0 Å². The minimum Gasteiger partial charge on any atom is -0.390 e. The van der Waals surface area contributed by atoms with E-state index in [1.165, 1.54) is 6.42 Å². The molecule has 0 spiro atoms. The smallest absolute Gasteiger partial charge is 0.225 e. The van der Waals surface area contributed by atoms with E-state index in [1.54, 1.807) is 4.90 Å². The lowest BCUT2D eigenvalue weighted by molar-refractivity contribution is -0.138. The Balaban J connectivity index is 1.68. The molecular weight excluding hydrogens is 242 g/mol. The van der Waals surface area contributed by atoms with Crippen molar-refractivity contribution < 1.29 is 9.90 Å². The van der Waals surface area contributed by atoms with Crippen LogP contribution in [0.5, 0.6) is 0 Å². The third-order valence-corrected chi connectivity index (χ3v) is 4.38. The Hall–Kier alpha value is -0.650. The van der Waals surface area contributed by atoms with Crippen LogP contribution in [0.2, 0.25) is 0 Å². The number of likely N-dealkylation sites (N-methyl/N-ethyl adjacent to an activating group) is 2. The van der Waals surface area contributed by atoms with Gasteiger partial charge in [-0.25, -0.2) is 0 Å². The Morgan fingerprint density at radius 3 is 2.47 bits per heavy atom. The van der Waals surface area contributed by atoms with Gasteiger partial charge in [-0.15, -0.1) is 0 Å². The summed E-state index contributed by atoms with van der Waals surface area (Å²) in [5.74, 6) is 0.435. The summed E-state index contributed by atoms with van der Waals surface area (Å²) >= 11 is 0. The van der Waals surface area contributed by atoms with Crippen LogP contribution in [0.4, 0.5) is 0 Å². The highest BCUT2D eigenvalue weighted by Gasteiger charge is 2.28. The van der Waals surface area contributed by atoms with E-state index >= 15 is 0 Å². The average Bonchev–Trinajstić information content (AvgIpc) is 2.29. The summed E-state index contributed by atoms with van der Waals surface area (Å²) in [4.78, 5) is 18.3. The standard InChI is InChI=1S/C14H27N3O2/c1-15-6-8-17(9-7-15)11-13(18)10-16(2)14(19)12-4-3-5-12/h12-13,18H,3-11H2,1-2H3. The lowest BCUT2D eigenvalue weighted by Gasteiger charge is -2.35. The van der Waals surface area contributed by atoms with Crippen LogP contribution in [-0.2, 0) is 4.79 Å². The zero-order valence-electron chi connectivity index (χ0n) is 12.2. The first-order valence-electron chi connectivity index (χ1n) is 7.40. The van der Waals surface area contributed by atoms with Gasteiger partial charge in [0.05, 0.1) is 6.10 Å². The number of carbonyl (C=O) groups is 1. The second kappa shape index (κ2) is 6.68. The maximum Gasteiger partial charge on any atom is 0.225 e. The number of piperazine rings is 1. The van der Waals surface area contributed by atoms with Gasteiger partial charge in [0.1, 0.15) is 0 Å². The van der Waals surface area contributed by atoms with E-state index < -0.39 is 6.10 Å². The summed E-state index contributed by atoms with van der Waals surface area (Å²) in [7, 11) is 3.94. The van der Waals surface area contributed by atoms with E-state index in [0.717, 1.165) is 39.0 Å². The molecule has 1 N–H and O–H groups in total. The Morgan fingerprint density at radius 2 is 1.95 bits per heavy atom. The maximum absolute atomic E-state index is 12.0. The second-order valence-electron chi connectivity index (χ2n) is 6.10. The average molecular weight is 269 g/mol. The largest absolute Gasteiger partial charge is 0.390 e. The van der Waals surface area contributed by atoms with Crippen molar-refractivity contribution in [3.8, 4) is 0 Å². The van der Waals surface area contributed by atoms with E-state index in [4.69, 9.17) is 0 Å². The zero-order valence-corrected chi connectivity index (χ0v) is 12.2. The number of hydrogen-bond donors (Lipinski definition) is 1. The molecule has 0 bridgehead atoms. The molecule has 1 saturated heterocycles. The summed E-state index contributed by atoms with van der Waals surface area (Å²) in [5.41, 5.74) is 0. The van der Waals surface area contributed by atoms with Gasteiger partial charge in [-0.3, -0.25) is 9.69 Å². The van der Waals surface area contributed by atoms with E-state index in [9.17, 15) is 9.90 Å². The van der Waals surface area contributed by atoms with Crippen molar-refractivity contribution in [1.82, 2.24) is 14.7 Å². The van der Waals surface area contributed by atoms with Gasteiger partial charge in [-0.2, -0.15) is 0 Å². The molecule has 1 amide bonds. The molecule has 1 heterocycles. The summed E-state index contributed by atoms with van der Waals surface area (Å²) in [6, 6.07) is 0. The topological polar surface area (TPSA) is 47.0 Å². The van der Waals surface area contributed by atoms with Gasteiger partial charge in [0.25, 0.3) is 0 Å². The Labute approximate surface area is 116 Å². The Morgan fingerprint density at radius 1 is 1.32 bits per heavy atom. The van der Waals surface area contributed by atoms with Crippen LogP contribution in [0.25, 0.3) is 0 Å². The van der Waals surface area contributed by atoms with Gasteiger partial charge in [0.15, 0.2) is 0 Å². The molecule has 5 heteroatoms. The van der Waals surface area contributed by atoms with E-state index in [0.29, 0.717) is 13.1 Å². The summed E-state index contributed by atoms with van der Waals surface area (Å²) < 4.78 is 0. The van der Waals surface area contributed by atoms with Gasteiger partial charge in [0.2, 0.25) is 5.91 Å². The molecule has 0 aromatic heterocycles. The first-order chi connectivity index (χ1) is 9.06. The zero-order chi connectivity index (χ0) is 13.8. The molecule has 19 heavy (non-hydrogen) atoms. The highest BCUT2D eigenvalue weighted by atomic mass is 16.3. The fraction of sp³-hybridized carbons (Fsp3) is 0.929. The van der Waals surface area contributed by atoms with Crippen LogP contribution < -0.4 is 0 Å². The number of amides is 1. The van der Waals surface area contributed by atoms with Gasteiger partial charge in [-0.1, -0.05) is 6.42 Å². The van der Waals surface area contributed by atoms with Crippen LogP contribution in [0, 0.1) is 5.92 Å². The van der Waals surface area contributed by atoms with Crippen LogP contribution >= 0.6 is 0 Å². The summed E-state index contributed by atoms with van der Waals surface area (Å²) in [6.07, 6.45) is 2.79. The number of β-amino-alcohol motifs (C(OH)–C–C–N with tert-alkyl or cyclic N) is 1. The second-order valence-corrected chi connectivity index (χ2v) is 6.10. The Bertz CT molecular complexity index is 299. The predicted molar refractivity (Wildman–Crippen MR) is 74.9 cm³/mol. The molecule has 1 aliphatic carbocycles. The lowest BCUT2D eigenvalue weighted by atomic mass is 9.84. The third-order valence-electron chi connectivity index (χ3n) is 4.38. The molecule has 2 fully saturated rings. The van der Waals surface area contributed by atoms with E-state index in [2.05, 4.69) is 16.8 Å². The van der Waals surface area contributed by atoms with Crippen molar-refractivity contribution in [2.75, 3.05) is 53.4 Å². The number of nitrogens with zero attached hydrogens (tertiary/aromatic N) is 3. The minimum absolute atomic E-state index is 0.212. The van der Waals surface area contributed by atoms with Crippen molar-refractivity contribution in [2.45, 2.75) is 25.4 Å². The highest BCUT2D eigenvalue weighted by Crippen LogP contribution is 2.27. The van der Waals surface area contributed by atoms with Gasteiger partial charge >= 0.3 is 0 Å². The van der Waals surface area contributed by atoms with E-state index in [1.807, 2.05) is 7.05 Å². The molecule has 0 radical (unpaired) electrons. The van der Waals surface area contributed by atoms with Gasteiger partial charge < -0.3 is 14.9 Å². The molecule has 0 aromatic rings. The van der Waals surface area contributed by atoms with Crippen molar-refractivity contribution >= 4 is 5.91 Å². The molecule has 1 unspecified atom stereocenters. The first-order valence-corrected chi connectivity index (χ1v) is 7.40. The molecule has 110 valence electrons. The number of hydrogen-bond acceptors (Lipinski definition) is 4. The van der Waals surface area contributed by atoms with Crippen LogP contribution in [-0.4, -0.2) is 85.2 Å². The number of aliphatic hydroxyl groups excluding tert-OH is 1. The van der Waals surface area contributed by atoms with Crippen molar-refractivity contribution in [2.24, 2.45) is 5.92 Å². The van der Waals surface area contributed by atoms with Crippen LogP contribution in [0.1, 0.15) is 19.3 Å². The molecule has 1 atom stereocenters. The molecule has 5 nitrogen and oxygen atoms in total. The highest BCUT2D eigenvalue weighted by molar-refractivity contribution is 5.79. The predicted octanol–water partition coefficient (Wildman–Crippen LogP) is -0.147. The molecule has 1 saturated carbocycles. The lowest BCUT2D eigenvalue weighted by Crippen LogP contribution is -2.49. The van der Waals surface area contributed by atoms with Gasteiger partial charge in [-0.05, 0) is 19.9 Å². The maximum atomic E-state index is 12.0.